The third kappa shape index (κ3) is 5.21. The first-order chi connectivity index (χ1) is 12.6. The molecule has 1 aliphatic rings. The molecule has 1 aromatic rings. The van der Waals surface area contributed by atoms with E-state index in [-0.39, 0.29) is 15.5 Å². The highest BCUT2D eigenvalue weighted by Gasteiger charge is 2.35. The van der Waals surface area contributed by atoms with Crippen LogP contribution in [0.15, 0.2) is 23.1 Å². The average molecular weight is 413 g/mol. The van der Waals surface area contributed by atoms with Gasteiger partial charge in [-0.25, -0.2) is 13.2 Å². The van der Waals surface area contributed by atoms with Crippen LogP contribution in [0.5, 0.6) is 0 Å². The number of sulfone groups is 1. The van der Waals surface area contributed by atoms with Gasteiger partial charge in [-0.05, 0) is 38.0 Å². The van der Waals surface area contributed by atoms with Crippen LogP contribution in [-0.4, -0.2) is 38.2 Å². The Morgan fingerprint density at radius 1 is 1.30 bits per heavy atom. The quantitative estimate of drug-likeness (QED) is 0.743. The van der Waals surface area contributed by atoms with Crippen LogP contribution in [0.3, 0.4) is 0 Å². The van der Waals surface area contributed by atoms with E-state index in [0.717, 1.165) is 31.6 Å². The number of benzene rings is 1. The number of carbonyl (C=O) groups excluding carboxylic acids is 2. The summed E-state index contributed by atoms with van der Waals surface area (Å²) in [6.07, 6.45) is 3.65. The zero-order chi connectivity index (χ0) is 20.2. The number of esters is 1. The van der Waals surface area contributed by atoms with E-state index in [9.17, 15) is 23.3 Å². The molecule has 0 bridgehead atoms. The molecule has 9 heteroatoms. The van der Waals surface area contributed by atoms with E-state index < -0.39 is 33.4 Å². The lowest BCUT2D eigenvalue weighted by Gasteiger charge is -2.32. The number of hydrogen-bond acceptors (Lipinski definition) is 6. The normalized spacial score (nSPS) is 17.4. The lowest BCUT2D eigenvalue weighted by atomic mass is 9.83. The fraction of sp³-hybridized carbons (Fsp3) is 0.500. The van der Waals surface area contributed by atoms with Crippen LogP contribution in [0.4, 0.5) is 0 Å². The molecule has 1 N–H and O–H groups in total. The molecule has 1 aliphatic carbocycles. The zero-order valence-electron chi connectivity index (χ0n) is 15.1. The van der Waals surface area contributed by atoms with Crippen LogP contribution in [0.2, 0.25) is 5.02 Å². The first-order valence-corrected chi connectivity index (χ1v) is 10.8. The predicted molar refractivity (Wildman–Crippen MR) is 99.0 cm³/mol. The fourth-order valence-electron chi connectivity index (χ4n) is 2.93. The minimum absolute atomic E-state index is 0.0146. The van der Waals surface area contributed by atoms with Crippen molar-refractivity contribution in [3.8, 4) is 6.07 Å². The molecule has 2 rings (SSSR count). The number of nitrogens with one attached hydrogen (secondary N) is 1. The fourth-order valence-corrected chi connectivity index (χ4v) is 3.77. The molecule has 0 radical (unpaired) electrons. The van der Waals surface area contributed by atoms with Crippen molar-refractivity contribution < 1.29 is 22.7 Å². The second kappa shape index (κ2) is 8.28. The second-order valence-corrected chi connectivity index (χ2v) is 9.13. The molecule has 7 nitrogen and oxygen atoms in total. The van der Waals surface area contributed by atoms with Crippen LogP contribution in [0.25, 0.3) is 0 Å². The van der Waals surface area contributed by atoms with Crippen LogP contribution in [0, 0.1) is 11.3 Å². The van der Waals surface area contributed by atoms with Crippen LogP contribution in [0.1, 0.15) is 49.4 Å². The van der Waals surface area contributed by atoms with E-state index >= 15 is 0 Å². The highest BCUT2D eigenvalue weighted by Crippen LogP contribution is 2.28. The number of carbonyl (C=O) groups is 2. The number of nitrogens with zero attached hydrogens (tertiary/aromatic N) is 1. The van der Waals surface area contributed by atoms with Gasteiger partial charge in [-0.2, -0.15) is 5.26 Å². The standard InChI is InChI=1S/C18H21ClN2O5S/c1-12(16(22)21-18(11-20)8-4-3-5-9-18)26-17(23)14-10-13(27(2,24)25)6-7-15(14)19/h6-7,10,12H,3-5,8-9H2,1-2H3,(H,21,22)/t12-/m0/s1. The largest absolute Gasteiger partial charge is 0.449 e. The summed E-state index contributed by atoms with van der Waals surface area (Å²) in [5, 5.41) is 12.1. The van der Waals surface area contributed by atoms with Crippen LogP contribution in [-0.2, 0) is 19.4 Å². The van der Waals surface area contributed by atoms with Gasteiger partial charge < -0.3 is 10.1 Å². The van der Waals surface area contributed by atoms with Crippen molar-refractivity contribution in [2.75, 3.05) is 6.26 Å². The molecular weight excluding hydrogens is 392 g/mol. The van der Waals surface area contributed by atoms with E-state index in [1.54, 1.807) is 0 Å². The maximum absolute atomic E-state index is 12.4. The number of rotatable bonds is 5. The molecule has 0 aromatic heterocycles. The monoisotopic (exact) mass is 412 g/mol. The Balaban J connectivity index is 2.11. The summed E-state index contributed by atoms with van der Waals surface area (Å²) in [4.78, 5) is 24.7. The number of amides is 1. The van der Waals surface area contributed by atoms with Gasteiger partial charge in [0.25, 0.3) is 5.91 Å². The SMILES string of the molecule is C[C@H](OC(=O)c1cc(S(C)(=O)=O)ccc1Cl)C(=O)NC1(C#N)CCCCC1. The highest BCUT2D eigenvalue weighted by molar-refractivity contribution is 7.90. The summed E-state index contributed by atoms with van der Waals surface area (Å²) in [6.45, 7) is 1.38. The lowest BCUT2D eigenvalue weighted by molar-refractivity contribution is -0.130. The van der Waals surface area contributed by atoms with Crippen molar-refractivity contribution in [2.24, 2.45) is 0 Å². The van der Waals surface area contributed by atoms with Gasteiger partial charge in [0.1, 0.15) is 5.54 Å². The molecule has 1 saturated carbocycles. The summed E-state index contributed by atoms with van der Waals surface area (Å²) in [5.41, 5.74) is -1.09. The summed E-state index contributed by atoms with van der Waals surface area (Å²) in [6, 6.07) is 5.84. The van der Waals surface area contributed by atoms with Crippen molar-refractivity contribution >= 4 is 33.3 Å². The minimum Gasteiger partial charge on any atom is -0.449 e. The smallest absolute Gasteiger partial charge is 0.340 e. The summed E-state index contributed by atoms with van der Waals surface area (Å²) in [7, 11) is -3.53. The van der Waals surface area contributed by atoms with Gasteiger partial charge >= 0.3 is 5.97 Å². The summed E-state index contributed by atoms with van der Waals surface area (Å²) >= 11 is 5.97. The third-order valence-electron chi connectivity index (χ3n) is 4.52. The van der Waals surface area contributed by atoms with Crippen LogP contribution < -0.4 is 5.32 Å². The van der Waals surface area contributed by atoms with Gasteiger partial charge in [-0.15, -0.1) is 0 Å². The zero-order valence-corrected chi connectivity index (χ0v) is 16.7. The van der Waals surface area contributed by atoms with Gasteiger partial charge in [-0.1, -0.05) is 30.9 Å². The molecule has 0 aliphatic heterocycles. The molecule has 0 spiro atoms. The van der Waals surface area contributed by atoms with Crippen LogP contribution >= 0.6 is 11.6 Å². The number of ether oxygens (including phenoxy) is 1. The molecule has 1 fully saturated rings. The summed E-state index contributed by atoms with van der Waals surface area (Å²) < 4.78 is 28.4. The molecule has 1 amide bonds. The number of halogens is 1. The van der Waals surface area contributed by atoms with E-state index in [4.69, 9.17) is 16.3 Å². The molecule has 0 heterocycles. The van der Waals surface area contributed by atoms with Crippen molar-refractivity contribution in [3.63, 3.8) is 0 Å². The van der Waals surface area contributed by atoms with Crippen molar-refractivity contribution in [1.82, 2.24) is 5.32 Å². The first kappa shape index (κ1) is 21.2. The predicted octanol–water partition coefficient (Wildman–Crippen LogP) is 2.63. The van der Waals surface area contributed by atoms with E-state index in [2.05, 4.69) is 11.4 Å². The number of nitriles is 1. The molecule has 27 heavy (non-hydrogen) atoms. The molecule has 1 atom stereocenters. The Bertz CT molecular complexity index is 886. The topological polar surface area (TPSA) is 113 Å². The lowest BCUT2D eigenvalue weighted by Crippen LogP contribution is -2.52. The summed E-state index contributed by atoms with van der Waals surface area (Å²) in [5.74, 6) is -1.50. The van der Waals surface area contributed by atoms with Crippen molar-refractivity contribution in [3.05, 3.63) is 28.8 Å². The second-order valence-electron chi connectivity index (χ2n) is 6.71. The third-order valence-corrected chi connectivity index (χ3v) is 5.96. The highest BCUT2D eigenvalue weighted by atomic mass is 35.5. The van der Waals surface area contributed by atoms with Crippen molar-refractivity contribution in [2.45, 2.75) is 55.6 Å². The minimum atomic E-state index is -3.53. The van der Waals surface area contributed by atoms with E-state index in [0.29, 0.717) is 12.8 Å². The first-order valence-electron chi connectivity index (χ1n) is 8.52. The Hall–Kier alpha value is -2.11. The Kier molecular flexibility index (Phi) is 6.50. The molecule has 0 saturated heterocycles. The molecule has 0 unspecified atom stereocenters. The Morgan fingerprint density at radius 3 is 2.48 bits per heavy atom. The maximum atomic E-state index is 12.4. The molecular formula is C18H21ClN2O5S. The van der Waals surface area contributed by atoms with E-state index in [1.807, 2.05) is 0 Å². The van der Waals surface area contributed by atoms with E-state index in [1.165, 1.54) is 19.1 Å². The number of hydrogen-bond donors (Lipinski definition) is 1. The Morgan fingerprint density at radius 2 is 1.93 bits per heavy atom. The van der Waals surface area contributed by atoms with Gasteiger partial charge in [0, 0.05) is 6.26 Å². The van der Waals surface area contributed by atoms with Gasteiger partial charge in [0.15, 0.2) is 15.9 Å². The van der Waals surface area contributed by atoms with Gasteiger partial charge in [-0.3, -0.25) is 4.79 Å². The Labute approximate surface area is 163 Å². The molecule has 146 valence electrons. The molecule has 1 aromatic carbocycles. The van der Waals surface area contributed by atoms with Gasteiger partial charge in [0.05, 0.1) is 21.6 Å². The van der Waals surface area contributed by atoms with Gasteiger partial charge in [0.2, 0.25) is 0 Å². The average Bonchev–Trinajstić information content (AvgIpc) is 2.61. The van der Waals surface area contributed by atoms with Crippen molar-refractivity contribution in [1.29, 1.82) is 5.26 Å². The maximum Gasteiger partial charge on any atom is 0.340 e.